The van der Waals surface area contributed by atoms with Gasteiger partial charge in [-0.1, -0.05) is 6.92 Å². The lowest BCUT2D eigenvalue weighted by molar-refractivity contribution is 0.229. The third-order valence-corrected chi connectivity index (χ3v) is 1.37. The molecule has 0 aromatic heterocycles. The van der Waals surface area contributed by atoms with Gasteiger partial charge in [-0.05, 0) is 13.3 Å². The summed E-state index contributed by atoms with van der Waals surface area (Å²) in [5.74, 6) is 0.824. The van der Waals surface area contributed by atoms with E-state index in [1.807, 2.05) is 13.1 Å². The van der Waals surface area contributed by atoms with Gasteiger partial charge < -0.3 is 10.1 Å². The molecule has 0 saturated carbocycles. The first-order valence-corrected chi connectivity index (χ1v) is 3.95. The summed E-state index contributed by atoms with van der Waals surface area (Å²) in [4.78, 5) is 4.13. The second-order valence-corrected chi connectivity index (χ2v) is 2.52. The van der Waals surface area contributed by atoms with Crippen molar-refractivity contribution in [2.24, 2.45) is 4.99 Å². The quantitative estimate of drug-likeness (QED) is 0.664. The minimum absolute atomic E-state index is 0.184. The molecular weight excluding hydrogens is 140 g/mol. The minimum Gasteiger partial charge on any atom is -0.490 e. The number of ether oxygens (including phenoxy) is 1. The van der Waals surface area contributed by atoms with Crippen molar-refractivity contribution in [3.63, 3.8) is 0 Å². The number of rotatable bonds is 3. The minimum atomic E-state index is 0.184. The molecule has 1 atom stereocenters. The van der Waals surface area contributed by atoms with Crippen molar-refractivity contribution in [3.8, 4) is 0 Å². The average Bonchev–Trinajstić information content (AvgIpc) is 2.04. The molecule has 0 saturated heterocycles. The molecule has 0 bridgehead atoms. The van der Waals surface area contributed by atoms with E-state index in [1.165, 1.54) is 0 Å². The number of hydrogen-bond acceptors (Lipinski definition) is 3. The predicted molar refractivity (Wildman–Crippen MR) is 45.4 cm³/mol. The van der Waals surface area contributed by atoms with E-state index < -0.39 is 0 Å². The van der Waals surface area contributed by atoms with Gasteiger partial charge in [0.1, 0.15) is 6.17 Å². The fraction of sp³-hybridized carbons (Fsp3) is 0.625. The molecule has 62 valence electrons. The fourth-order valence-corrected chi connectivity index (χ4v) is 0.767. The Hall–Kier alpha value is -0.990. The summed E-state index contributed by atoms with van der Waals surface area (Å²) >= 11 is 0. The summed E-state index contributed by atoms with van der Waals surface area (Å²) < 4.78 is 5.33. The van der Waals surface area contributed by atoms with Crippen molar-refractivity contribution in [1.29, 1.82) is 0 Å². The van der Waals surface area contributed by atoms with E-state index in [0.29, 0.717) is 0 Å². The predicted octanol–water partition coefficient (Wildman–Crippen LogP) is 1.27. The maximum atomic E-state index is 5.33. The van der Waals surface area contributed by atoms with E-state index in [0.717, 1.165) is 18.8 Å². The third-order valence-electron chi connectivity index (χ3n) is 1.37. The smallest absolute Gasteiger partial charge is 0.152 e. The Morgan fingerprint density at radius 2 is 2.55 bits per heavy atom. The highest BCUT2D eigenvalue weighted by Crippen LogP contribution is 2.00. The molecule has 1 rings (SSSR count). The topological polar surface area (TPSA) is 33.6 Å². The van der Waals surface area contributed by atoms with Crippen molar-refractivity contribution in [1.82, 2.24) is 5.32 Å². The number of allylic oxidation sites excluding steroid dienone is 1. The van der Waals surface area contributed by atoms with Crippen LogP contribution in [0.1, 0.15) is 20.3 Å². The van der Waals surface area contributed by atoms with E-state index in [4.69, 9.17) is 4.74 Å². The van der Waals surface area contributed by atoms with Crippen LogP contribution in [0.25, 0.3) is 0 Å². The van der Waals surface area contributed by atoms with Crippen LogP contribution in [0.4, 0.5) is 0 Å². The lowest BCUT2D eigenvalue weighted by Crippen LogP contribution is -2.23. The summed E-state index contributed by atoms with van der Waals surface area (Å²) in [5, 5.41) is 3.06. The number of nitrogens with one attached hydrogen (secondary N) is 1. The van der Waals surface area contributed by atoms with Crippen LogP contribution in [0.5, 0.6) is 0 Å². The molecule has 0 amide bonds. The molecule has 3 nitrogen and oxygen atoms in total. The van der Waals surface area contributed by atoms with Crippen molar-refractivity contribution >= 4 is 6.21 Å². The highest BCUT2D eigenvalue weighted by Gasteiger charge is 2.02. The number of hydrogen-bond donors (Lipinski definition) is 1. The Bertz CT molecular complexity index is 175. The van der Waals surface area contributed by atoms with Crippen LogP contribution in [0.2, 0.25) is 0 Å². The van der Waals surface area contributed by atoms with Crippen LogP contribution >= 0.6 is 0 Å². The van der Waals surface area contributed by atoms with Gasteiger partial charge in [-0.2, -0.15) is 0 Å². The zero-order chi connectivity index (χ0) is 8.10. The lowest BCUT2D eigenvalue weighted by atomic mass is 10.4. The average molecular weight is 154 g/mol. The summed E-state index contributed by atoms with van der Waals surface area (Å²) in [7, 11) is 0. The molecule has 0 radical (unpaired) electrons. The van der Waals surface area contributed by atoms with Gasteiger partial charge in [-0.15, -0.1) is 0 Å². The summed E-state index contributed by atoms with van der Waals surface area (Å²) in [6.45, 7) is 4.83. The van der Waals surface area contributed by atoms with E-state index in [2.05, 4.69) is 17.2 Å². The zero-order valence-electron chi connectivity index (χ0n) is 7.00. The van der Waals surface area contributed by atoms with Crippen LogP contribution in [-0.2, 0) is 4.74 Å². The van der Waals surface area contributed by atoms with Crippen molar-refractivity contribution in [2.45, 2.75) is 26.4 Å². The SMILES string of the molecule is CCCOC1=CNC(C)N=C1. The van der Waals surface area contributed by atoms with Crippen LogP contribution in [0, 0.1) is 0 Å². The molecular formula is C8H14N2O. The van der Waals surface area contributed by atoms with E-state index in [1.54, 1.807) is 6.21 Å². The van der Waals surface area contributed by atoms with Gasteiger partial charge in [0, 0.05) is 6.20 Å². The van der Waals surface area contributed by atoms with Gasteiger partial charge in [0.05, 0.1) is 12.8 Å². The van der Waals surface area contributed by atoms with E-state index in [-0.39, 0.29) is 6.17 Å². The molecule has 1 N–H and O–H groups in total. The summed E-state index contributed by atoms with van der Waals surface area (Å²) in [5.41, 5.74) is 0. The van der Waals surface area contributed by atoms with Crippen LogP contribution in [-0.4, -0.2) is 19.0 Å². The molecule has 0 aromatic rings. The highest BCUT2D eigenvalue weighted by atomic mass is 16.5. The van der Waals surface area contributed by atoms with Crippen LogP contribution in [0.3, 0.4) is 0 Å². The first kappa shape index (κ1) is 8.11. The van der Waals surface area contributed by atoms with Gasteiger partial charge in [-0.25, -0.2) is 0 Å². The molecule has 0 aromatic carbocycles. The van der Waals surface area contributed by atoms with Gasteiger partial charge in [0.15, 0.2) is 5.76 Å². The van der Waals surface area contributed by atoms with Crippen LogP contribution in [0.15, 0.2) is 17.0 Å². The van der Waals surface area contributed by atoms with E-state index >= 15 is 0 Å². The summed E-state index contributed by atoms with van der Waals surface area (Å²) in [6.07, 6.45) is 4.83. The van der Waals surface area contributed by atoms with Gasteiger partial charge in [-0.3, -0.25) is 4.99 Å². The van der Waals surface area contributed by atoms with Crippen LogP contribution < -0.4 is 5.32 Å². The Balaban J connectivity index is 2.31. The Morgan fingerprint density at radius 3 is 3.09 bits per heavy atom. The molecule has 0 aliphatic carbocycles. The third kappa shape index (κ3) is 2.62. The molecule has 1 aliphatic heterocycles. The molecule has 0 spiro atoms. The lowest BCUT2D eigenvalue weighted by Gasteiger charge is -2.13. The molecule has 1 heterocycles. The van der Waals surface area contributed by atoms with Crippen molar-refractivity contribution in [2.75, 3.05) is 6.61 Å². The maximum Gasteiger partial charge on any atom is 0.152 e. The Labute approximate surface area is 67.2 Å². The van der Waals surface area contributed by atoms with Gasteiger partial charge in [0.2, 0.25) is 0 Å². The zero-order valence-corrected chi connectivity index (χ0v) is 7.00. The largest absolute Gasteiger partial charge is 0.490 e. The molecule has 3 heteroatoms. The second-order valence-electron chi connectivity index (χ2n) is 2.52. The fourth-order valence-electron chi connectivity index (χ4n) is 0.767. The maximum absolute atomic E-state index is 5.33. The molecule has 0 fully saturated rings. The standard InChI is InChI=1S/C8H14N2O/c1-3-4-11-8-5-9-7(2)10-6-8/h5-7,9H,3-4H2,1-2H3. The Morgan fingerprint density at radius 1 is 1.73 bits per heavy atom. The normalized spacial score (nSPS) is 22.4. The number of nitrogens with zero attached hydrogens (tertiary/aromatic N) is 1. The number of aliphatic imine (C=N–C) groups is 1. The monoisotopic (exact) mass is 154 g/mol. The highest BCUT2D eigenvalue weighted by molar-refractivity contribution is 5.76. The molecule has 11 heavy (non-hydrogen) atoms. The van der Waals surface area contributed by atoms with E-state index in [9.17, 15) is 0 Å². The second kappa shape index (κ2) is 4.01. The first-order chi connectivity index (χ1) is 5.33. The first-order valence-electron chi connectivity index (χ1n) is 3.95. The van der Waals surface area contributed by atoms with Gasteiger partial charge in [0.25, 0.3) is 0 Å². The molecule has 1 unspecified atom stereocenters. The molecule has 1 aliphatic rings. The van der Waals surface area contributed by atoms with Crippen molar-refractivity contribution < 1.29 is 4.74 Å². The summed E-state index contributed by atoms with van der Waals surface area (Å²) in [6, 6.07) is 0. The van der Waals surface area contributed by atoms with Crippen molar-refractivity contribution in [3.05, 3.63) is 12.0 Å². The van der Waals surface area contributed by atoms with Gasteiger partial charge >= 0.3 is 0 Å². The Kier molecular flexibility index (Phi) is 2.95.